The number of hydrogen-bond donors (Lipinski definition) is 1. The van der Waals surface area contributed by atoms with Crippen molar-refractivity contribution in [2.45, 2.75) is 33.1 Å². The number of anilines is 2. The number of hydrogen-bond acceptors (Lipinski definition) is 3. The Bertz CT molecular complexity index is 424. The molecule has 1 aromatic heterocycles. The fourth-order valence-electron chi connectivity index (χ4n) is 2.35. The van der Waals surface area contributed by atoms with Gasteiger partial charge in [0.2, 0.25) is 5.91 Å². The molecule has 94 valence electrons. The lowest BCUT2D eigenvalue weighted by molar-refractivity contribution is -0.115. The van der Waals surface area contributed by atoms with Crippen molar-refractivity contribution in [3.8, 4) is 0 Å². The molecule has 0 unspecified atom stereocenters. The van der Waals surface area contributed by atoms with E-state index in [9.17, 15) is 4.79 Å². The van der Waals surface area contributed by atoms with Gasteiger partial charge in [-0.2, -0.15) is 5.10 Å². The quantitative estimate of drug-likeness (QED) is 0.862. The van der Waals surface area contributed by atoms with Crippen LogP contribution in [0.4, 0.5) is 11.5 Å². The summed E-state index contributed by atoms with van der Waals surface area (Å²) in [6, 6.07) is 0. The first-order valence-electron chi connectivity index (χ1n) is 6.28. The van der Waals surface area contributed by atoms with Crippen LogP contribution in [0.3, 0.4) is 0 Å². The summed E-state index contributed by atoms with van der Waals surface area (Å²) in [4.78, 5) is 13.8. The van der Waals surface area contributed by atoms with Crippen molar-refractivity contribution in [3.05, 3.63) is 5.69 Å². The molecule has 0 aromatic carbocycles. The molecule has 2 rings (SSSR count). The Morgan fingerprint density at radius 3 is 2.76 bits per heavy atom. The fourth-order valence-corrected chi connectivity index (χ4v) is 2.35. The van der Waals surface area contributed by atoms with Crippen LogP contribution in [0.15, 0.2) is 0 Å². The number of amides is 1. The average Bonchev–Trinajstić information content (AvgIpc) is 2.56. The van der Waals surface area contributed by atoms with Crippen LogP contribution in [0.5, 0.6) is 0 Å². The summed E-state index contributed by atoms with van der Waals surface area (Å²) in [5, 5.41) is 7.47. The Labute approximate surface area is 102 Å². The van der Waals surface area contributed by atoms with Gasteiger partial charge >= 0.3 is 0 Å². The molecule has 0 spiro atoms. The van der Waals surface area contributed by atoms with Gasteiger partial charge < -0.3 is 10.2 Å². The van der Waals surface area contributed by atoms with Crippen molar-refractivity contribution in [1.29, 1.82) is 0 Å². The second-order valence-electron chi connectivity index (χ2n) is 4.49. The van der Waals surface area contributed by atoms with Gasteiger partial charge in [0.15, 0.2) is 5.82 Å². The second kappa shape index (κ2) is 4.77. The number of aryl methyl sites for hydroxylation is 2. The number of carbonyl (C=O) groups is 1. The van der Waals surface area contributed by atoms with Crippen LogP contribution in [0.2, 0.25) is 0 Å². The van der Waals surface area contributed by atoms with Crippen LogP contribution in [0.1, 0.15) is 32.4 Å². The van der Waals surface area contributed by atoms with Gasteiger partial charge in [-0.25, -0.2) is 0 Å². The smallest absolute Gasteiger partial charge is 0.244 e. The first-order valence-corrected chi connectivity index (χ1v) is 6.28. The highest BCUT2D eigenvalue weighted by molar-refractivity contribution is 6.01. The molecular weight excluding hydrogens is 216 g/mol. The largest absolute Gasteiger partial charge is 0.346 e. The van der Waals surface area contributed by atoms with E-state index in [-0.39, 0.29) is 5.91 Å². The van der Waals surface area contributed by atoms with E-state index in [1.165, 1.54) is 0 Å². The molecule has 0 saturated heterocycles. The van der Waals surface area contributed by atoms with E-state index in [1.54, 1.807) is 0 Å². The van der Waals surface area contributed by atoms with Gasteiger partial charge in [-0.15, -0.1) is 0 Å². The predicted molar refractivity (Wildman–Crippen MR) is 68.3 cm³/mol. The standard InChI is InChI=1S/C12H20N4O/c1-4-6-9-11-12(15(3)14-9)16(7-5-2)8-10(17)13-11/h4-8H2,1-3H3,(H,13,17). The number of nitrogens with one attached hydrogen (secondary N) is 1. The number of carbonyl (C=O) groups excluding carboxylic acids is 1. The van der Waals surface area contributed by atoms with E-state index in [2.05, 4.69) is 29.2 Å². The van der Waals surface area contributed by atoms with Crippen LogP contribution in [0.25, 0.3) is 0 Å². The van der Waals surface area contributed by atoms with Gasteiger partial charge in [-0.05, 0) is 12.8 Å². The van der Waals surface area contributed by atoms with E-state index in [0.717, 1.165) is 43.0 Å². The number of rotatable bonds is 4. The Morgan fingerprint density at radius 2 is 2.12 bits per heavy atom. The van der Waals surface area contributed by atoms with Crippen LogP contribution in [-0.4, -0.2) is 28.8 Å². The molecule has 5 heteroatoms. The molecule has 0 radical (unpaired) electrons. The SMILES string of the molecule is CCCc1nn(C)c2c1NC(=O)CN2CCC. The summed E-state index contributed by atoms with van der Waals surface area (Å²) in [7, 11) is 1.94. The molecule has 0 aliphatic carbocycles. The summed E-state index contributed by atoms with van der Waals surface area (Å²) in [6.07, 6.45) is 2.97. The zero-order valence-corrected chi connectivity index (χ0v) is 10.8. The van der Waals surface area contributed by atoms with E-state index >= 15 is 0 Å². The topological polar surface area (TPSA) is 50.2 Å². The number of nitrogens with zero attached hydrogens (tertiary/aromatic N) is 3. The molecule has 0 saturated carbocycles. The summed E-state index contributed by atoms with van der Waals surface area (Å²) >= 11 is 0. The molecule has 0 atom stereocenters. The highest BCUT2D eigenvalue weighted by atomic mass is 16.2. The molecule has 17 heavy (non-hydrogen) atoms. The van der Waals surface area contributed by atoms with Gasteiger partial charge in [0.05, 0.1) is 12.2 Å². The maximum absolute atomic E-state index is 11.7. The summed E-state index contributed by atoms with van der Waals surface area (Å²) in [5.41, 5.74) is 1.92. The van der Waals surface area contributed by atoms with Crippen LogP contribution < -0.4 is 10.2 Å². The molecule has 2 heterocycles. The van der Waals surface area contributed by atoms with Gasteiger partial charge in [0.25, 0.3) is 0 Å². The Morgan fingerprint density at radius 1 is 1.35 bits per heavy atom. The Balaban J connectivity index is 2.40. The molecule has 1 aliphatic rings. The third-order valence-electron chi connectivity index (χ3n) is 2.97. The first kappa shape index (κ1) is 12.0. The second-order valence-corrected chi connectivity index (χ2v) is 4.49. The zero-order valence-electron chi connectivity index (χ0n) is 10.8. The minimum Gasteiger partial charge on any atom is -0.346 e. The molecule has 1 N–H and O–H groups in total. The van der Waals surface area contributed by atoms with Gasteiger partial charge in [0, 0.05) is 13.6 Å². The first-order chi connectivity index (χ1) is 8.17. The van der Waals surface area contributed by atoms with Crippen molar-refractivity contribution in [1.82, 2.24) is 9.78 Å². The maximum atomic E-state index is 11.7. The van der Waals surface area contributed by atoms with Gasteiger partial charge in [-0.3, -0.25) is 9.48 Å². The van der Waals surface area contributed by atoms with Crippen molar-refractivity contribution in [2.75, 3.05) is 23.3 Å². The van der Waals surface area contributed by atoms with Crippen LogP contribution in [-0.2, 0) is 18.3 Å². The number of fused-ring (bicyclic) bond motifs is 1. The van der Waals surface area contributed by atoms with E-state index < -0.39 is 0 Å². The predicted octanol–water partition coefficient (Wildman–Crippen LogP) is 1.54. The molecule has 0 bridgehead atoms. The van der Waals surface area contributed by atoms with Gasteiger partial charge in [0.1, 0.15) is 5.69 Å². The van der Waals surface area contributed by atoms with E-state index in [4.69, 9.17) is 0 Å². The fraction of sp³-hybridized carbons (Fsp3) is 0.667. The van der Waals surface area contributed by atoms with Gasteiger partial charge in [-0.1, -0.05) is 20.3 Å². The normalized spacial score (nSPS) is 14.8. The van der Waals surface area contributed by atoms with Crippen molar-refractivity contribution >= 4 is 17.4 Å². The summed E-state index contributed by atoms with van der Waals surface area (Å²) in [5.74, 6) is 1.12. The minimum atomic E-state index is 0.0660. The summed E-state index contributed by atoms with van der Waals surface area (Å²) < 4.78 is 1.88. The number of aromatic nitrogens is 2. The Hall–Kier alpha value is -1.52. The molecular formula is C12H20N4O. The lowest BCUT2D eigenvalue weighted by atomic mass is 10.2. The molecule has 1 aromatic rings. The molecule has 1 aliphatic heterocycles. The lowest BCUT2D eigenvalue weighted by Crippen LogP contribution is -2.39. The van der Waals surface area contributed by atoms with Crippen LogP contribution >= 0.6 is 0 Å². The maximum Gasteiger partial charge on any atom is 0.244 e. The summed E-state index contributed by atoms with van der Waals surface area (Å²) in [6.45, 7) is 5.57. The zero-order chi connectivity index (χ0) is 12.4. The molecule has 5 nitrogen and oxygen atoms in total. The minimum absolute atomic E-state index is 0.0660. The monoisotopic (exact) mass is 236 g/mol. The third kappa shape index (κ3) is 2.14. The van der Waals surface area contributed by atoms with Crippen molar-refractivity contribution < 1.29 is 4.79 Å². The van der Waals surface area contributed by atoms with Crippen molar-refractivity contribution in [2.24, 2.45) is 7.05 Å². The van der Waals surface area contributed by atoms with E-state index in [1.807, 2.05) is 11.7 Å². The highest BCUT2D eigenvalue weighted by Crippen LogP contribution is 2.32. The molecule has 0 fully saturated rings. The van der Waals surface area contributed by atoms with Crippen molar-refractivity contribution in [3.63, 3.8) is 0 Å². The third-order valence-corrected chi connectivity index (χ3v) is 2.97. The van der Waals surface area contributed by atoms with Crippen LogP contribution in [0, 0.1) is 0 Å². The molecule has 1 amide bonds. The van der Waals surface area contributed by atoms with E-state index in [0.29, 0.717) is 6.54 Å². The lowest BCUT2D eigenvalue weighted by Gasteiger charge is -2.28. The highest BCUT2D eigenvalue weighted by Gasteiger charge is 2.27. The Kier molecular flexibility index (Phi) is 3.36. The average molecular weight is 236 g/mol.